The molecule has 0 radical (unpaired) electrons. The van der Waals surface area contributed by atoms with Crippen molar-refractivity contribution in [1.29, 1.82) is 0 Å². The number of halogens is 1. The molecule has 8 heteroatoms. The zero-order valence-corrected chi connectivity index (χ0v) is 14.0. The number of nitro groups is 1. The third-order valence-electron chi connectivity index (χ3n) is 3.63. The second-order valence-electron chi connectivity index (χ2n) is 5.81. The van der Waals surface area contributed by atoms with Crippen molar-refractivity contribution in [3.63, 3.8) is 0 Å². The Labute approximate surface area is 132 Å². The summed E-state index contributed by atoms with van der Waals surface area (Å²) < 4.78 is 5.55. The van der Waals surface area contributed by atoms with Crippen LogP contribution in [0, 0.1) is 10.1 Å². The van der Waals surface area contributed by atoms with E-state index in [0.717, 1.165) is 0 Å². The number of alkyl halides is 1. The fraction of sp³-hybridized carbons (Fsp3) is 0.538. The van der Waals surface area contributed by atoms with Gasteiger partial charge < -0.3 is 14.8 Å². The van der Waals surface area contributed by atoms with Crippen LogP contribution in [-0.4, -0.2) is 33.4 Å². The van der Waals surface area contributed by atoms with Crippen molar-refractivity contribution >= 4 is 34.2 Å². The normalized spacial score (nSPS) is 12.3. The van der Waals surface area contributed by atoms with Crippen molar-refractivity contribution < 1.29 is 19.7 Å². The first-order valence-electron chi connectivity index (χ1n) is 6.41. The van der Waals surface area contributed by atoms with Crippen LogP contribution in [0.1, 0.15) is 33.3 Å². The van der Waals surface area contributed by atoms with E-state index in [1.165, 1.54) is 18.2 Å². The standard InChI is InChI=1S/C13H19BBrNO5/c1-12(2,17)13(3,4)21-14(18)11-6-5-10(16(19)20)7-9(11)8-15/h5-7,17-18H,8H2,1-4H3. The Balaban J connectivity index is 3.08. The highest BCUT2D eigenvalue weighted by molar-refractivity contribution is 9.08. The fourth-order valence-corrected chi connectivity index (χ4v) is 2.03. The summed E-state index contributed by atoms with van der Waals surface area (Å²) in [5.41, 5.74) is -1.23. The average molecular weight is 360 g/mol. The lowest BCUT2D eigenvalue weighted by Crippen LogP contribution is -2.53. The number of hydrogen-bond acceptors (Lipinski definition) is 5. The van der Waals surface area contributed by atoms with Crippen molar-refractivity contribution in [2.75, 3.05) is 0 Å². The molecule has 0 heterocycles. The van der Waals surface area contributed by atoms with Crippen molar-refractivity contribution in [3.05, 3.63) is 33.9 Å². The Hall–Kier alpha value is -0.955. The number of aliphatic hydroxyl groups is 1. The third kappa shape index (κ3) is 4.26. The van der Waals surface area contributed by atoms with Crippen LogP contribution in [-0.2, 0) is 9.98 Å². The largest absolute Gasteiger partial charge is 0.491 e. The first kappa shape index (κ1) is 18.1. The molecule has 1 rings (SSSR count). The van der Waals surface area contributed by atoms with Gasteiger partial charge in [-0.25, -0.2) is 0 Å². The molecule has 0 amide bonds. The van der Waals surface area contributed by atoms with Crippen LogP contribution in [0.4, 0.5) is 5.69 Å². The molecule has 0 aliphatic carbocycles. The molecule has 21 heavy (non-hydrogen) atoms. The Morgan fingerprint density at radius 3 is 2.38 bits per heavy atom. The summed E-state index contributed by atoms with van der Waals surface area (Å²) in [5.74, 6) is 0. The maximum atomic E-state index is 10.8. The lowest BCUT2D eigenvalue weighted by Gasteiger charge is -2.38. The highest BCUT2D eigenvalue weighted by Crippen LogP contribution is 2.26. The number of non-ortho nitro benzene ring substituents is 1. The molecule has 0 saturated carbocycles. The summed E-state index contributed by atoms with van der Waals surface area (Å²) in [7, 11) is -1.29. The molecule has 0 aromatic heterocycles. The van der Waals surface area contributed by atoms with E-state index in [4.69, 9.17) is 4.65 Å². The molecule has 0 atom stereocenters. The fourth-order valence-electron chi connectivity index (χ4n) is 1.55. The van der Waals surface area contributed by atoms with Crippen LogP contribution >= 0.6 is 15.9 Å². The number of rotatable bonds is 6. The number of benzene rings is 1. The quantitative estimate of drug-likeness (QED) is 0.349. The molecule has 1 aromatic rings. The summed E-state index contributed by atoms with van der Waals surface area (Å²) in [4.78, 5) is 10.3. The minimum atomic E-state index is -1.29. The molecule has 0 bridgehead atoms. The van der Waals surface area contributed by atoms with E-state index in [1.807, 2.05) is 0 Å². The first-order valence-corrected chi connectivity index (χ1v) is 7.53. The number of nitrogens with zero attached hydrogens (tertiary/aromatic N) is 1. The van der Waals surface area contributed by atoms with Crippen LogP contribution in [0.15, 0.2) is 18.2 Å². The minimum absolute atomic E-state index is 0.0536. The van der Waals surface area contributed by atoms with Gasteiger partial charge in [0.2, 0.25) is 0 Å². The van der Waals surface area contributed by atoms with Crippen molar-refractivity contribution in [1.82, 2.24) is 0 Å². The highest BCUT2D eigenvalue weighted by Gasteiger charge is 2.40. The molecule has 0 unspecified atom stereocenters. The SMILES string of the molecule is CC(C)(O)C(C)(C)OB(O)c1ccc([N+](=O)[O-])cc1CBr. The molecule has 0 spiro atoms. The maximum Gasteiger partial charge on any atom is 0.491 e. The van der Waals surface area contributed by atoms with Gasteiger partial charge in [-0.15, -0.1) is 0 Å². The molecule has 0 aliphatic rings. The van der Waals surface area contributed by atoms with Crippen LogP contribution in [0.3, 0.4) is 0 Å². The molecular formula is C13H19BBrNO5. The van der Waals surface area contributed by atoms with Crippen molar-refractivity contribution in [2.24, 2.45) is 0 Å². The van der Waals surface area contributed by atoms with Gasteiger partial charge in [0.15, 0.2) is 0 Å². The van der Waals surface area contributed by atoms with Crippen LogP contribution in [0.5, 0.6) is 0 Å². The lowest BCUT2D eigenvalue weighted by atomic mass is 9.74. The van der Waals surface area contributed by atoms with Gasteiger partial charge in [0.1, 0.15) is 0 Å². The molecule has 6 nitrogen and oxygen atoms in total. The molecule has 1 aromatic carbocycles. The summed E-state index contributed by atoms with van der Waals surface area (Å²) in [6.07, 6.45) is 0. The van der Waals surface area contributed by atoms with Gasteiger partial charge in [-0.3, -0.25) is 10.1 Å². The van der Waals surface area contributed by atoms with Crippen molar-refractivity contribution in [3.8, 4) is 0 Å². The molecule has 0 fully saturated rings. The van der Waals surface area contributed by atoms with E-state index < -0.39 is 23.2 Å². The number of hydrogen-bond donors (Lipinski definition) is 2. The summed E-state index contributed by atoms with van der Waals surface area (Å²) >= 11 is 3.24. The lowest BCUT2D eigenvalue weighted by molar-refractivity contribution is -0.384. The molecule has 0 saturated heterocycles. The topological polar surface area (TPSA) is 92.8 Å². The summed E-state index contributed by atoms with van der Waals surface area (Å²) in [6.45, 7) is 6.49. The van der Waals surface area contributed by atoms with E-state index >= 15 is 0 Å². The van der Waals surface area contributed by atoms with E-state index in [0.29, 0.717) is 16.4 Å². The van der Waals surface area contributed by atoms with Crippen molar-refractivity contribution in [2.45, 2.75) is 44.2 Å². The molecule has 2 N–H and O–H groups in total. The Kier molecular flexibility index (Phi) is 5.54. The van der Waals surface area contributed by atoms with Gasteiger partial charge in [0.05, 0.1) is 16.1 Å². The van der Waals surface area contributed by atoms with Gasteiger partial charge >= 0.3 is 7.12 Å². The molecule has 0 aliphatic heterocycles. The second kappa shape index (κ2) is 6.43. The Morgan fingerprint density at radius 2 is 1.95 bits per heavy atom. The third-order valence-corrected chi connectivity index (χ3v) is 4.23. The van der Waals surface area contributed by atoms with Gasteiger partial charge in [0, 0.05) is 17.5 Å². The van der Waals surface area contributed by atoms with Crippen LogP contribution in [0.25, 0.3) is 0 Å². The summed E-state index contributed by atoms with van der Waals surface area (Å²) in [6, 6.07) is 4.15. The van der Waals surface area contributed by atoms with E-state index in [1.54, 1.807) is 27.7 Å². The minimum Gasteiger partial charge on any atom is -0.423 e. The van der Waals surface area contributed by atoms with Gasteiger partial charge in [-0.2, -0.15) is 0 Å². The Morgan fingerprint density at radius 1 is 1.38 bits per heavy atom. The van der Waals surface area contributed by atoms with E-state index in [2.05, 4.69) is 15.9 Å². The van der Waals surface area contributed by atoms with E-state index in [-0.39, 0.29) is 5.69 Å². The van der Waals surface area contributed by atoms with Crippen LogP contribution < -0.4 is 5.46 Å². The highest BCUT2D eigenvalue weighted by atomic mass is 79.9. The number of nitro benzene ring substituents is 1. The molecule has 116 valence electrons. The Bertz CT molecular complexity index is 530. The monoisotopic (exact) mass is 359 g/mol. The zero-order chi connectivity index (χ0) is 16.4. The molecular weight excluding hydrogens is 341 g/mol. The predicted octanol–water partition coefficient (Wildman–Crippen LogP) is 1.74. The maximum absolute atomic E-state index is 10.8. The van der Waals surface area contributed by atoms with Gasteiger partial charge in [-0.1, -0.05) is 22.0 Å². The smallest absolute Gasteiger partial charge is 0.423 e. The summed E-state index contributed by atoms with van der Waals surface area (Å²) in [5, 5.41) is 31.4. The second-order valence-corrected chi connectivity index (χ2v) is 6.37. The van der Waals surface area contributed by atoms with Crippen LogP contribution in [0.2, 0.25) is 0 Å². The van der Waals surface area contributed by atoms with Gasteiger partial charge in [0.25, 0.3) is 5.69 Å². The van der Waals surface area contributed by atoms with E-state index in [9.17, 15) is 20.2 Å². The first-order chi connectivity index (χ1) is 9.49. The zero-order valence-electron chi connectivity index (χ0n) is 12.5. The average Bonchev–Trinajstić information content (AvgIpc) is 2.35. The predicted molar refractivity (Wildman–Crippen MR) is 84.8 cm³/mol. The van der Waals surface area contributed by atoms with Gasteiger partial charge in [-0.05, 0) is 38.7 Å².